The average Bonchev–Trinajstić information content (AvgIpc) is 2.88. The molecule has 0 amide bonds. The van der Waals surface area contributed by atoms with E-state index in [1.165, 1.54) is 4.68 Å². The number of benzene rings is 1. The Morgan fingerprint density at radius 3 is 2.76 bits per heavy atom. The highest BCUT2D eigenvalue weighted by Crippen LogP contribution is 2.28. The summed E-state index contributed by atoms with van der Waals surface area (Å²) >= 11 is 0. The molecule has 1 aromatic carbocycles. The lowest BCUT2D eigenvalue weighted by Gasteiger charge is -2.20. The number of aliphatic hydroxyl groups is 1. The van der Waals surface area contributed by atoms with Crippen LogP contribution in [0.4, 0.5) is 5.82 Å². The van der Waals surface area contributed by atoms with Gasteiger partial charge in [0.2, 0.25) is 0 Å². The van der Waals surface area contributed by atoms with Crippen molar-refractivity contribution >= 4 is 17.6 Å². The maximum Gasteiger partial charge on any atom is 0.259 e. The average molecular weight is 284 g/mol. The Bertz CT molecular complexity index is 704. The summed E-state index contributed by atoms with van der Waals surface area (Å²) in [6.07, 6.45) is -0.382. The molecule has 6 heteroatoms. The number of amidine groups is 1. The van der Waals surface area contributed by atoms with E-state index < -0.39 is 12.0 Å². The quantitative estimate of drug-likeness (QED) is 0.894. The molecule has 6 nitrogen and oxygen atoms in total. The van der Waals surface area contributed by atoms with Crippen LogP contribution < -0.4 is 5.73 Å². The van der Waals surface area contributed by atoms with Gasteiger partial charge in [0.25, 0.3) is 5.91 Å². The summed E-state index contributed by atoms with van der Waals surface area (Å²) in [5, 5.41) is 13.8. The van der Waals surface area contributed by atoms with Gasteiger partial charge < -0.3 is 10.8 Å². The van der Waals surface area contributed by atoms with Gasteiger partial charge in [-0.25, -0.2) is 4.99 Å². The largest absolute Gasteiger partial charge is 0.393 e. The second-order valence-corrected chi connectivity index (χ2v) is 5.18. The van der Waals surface area contributed by atoms with Gasteiger partial charge in [-0.1, -0.05) is 30.3 Å². The number of aliphatic hydroxyl groups excluding tert-OH is 1. The number of hydrogen-bond acceptors (Lipinski definition) is 5. The zero-order chi connectivity index (χ0) is 15.0. The molecule has 1 aromatic heterocycles. The van der Waals surface area contributed by atoms with E-state index in [9.17, 15) is 9.90 Å². The van der Waals surface area contributed by atoms with Gasteiger partial charge in [-0.3, -0.25) is 4.79 Å². The van der Waals surface area contributed by atoms with E-state index >= 15 is 0 Å². The number of hydrogen-bond donors (Lipinski definition) is 2. The summed E-state index contributed by atoms with van der Waals surface area (Å²) in [5.41, 5.74) is 7.44. The van der Waals surface area contributed by atoms with Crippen LogP contribution in [0.1, 0.15) is 18.1 Å². The van der Waals surface area contributed by atoms with Gasteiger partial charge in [0.15, 0.2) is 5.82 Å². The number of nitrogens with two attached hydrogens (primary N) is 1. The van der Waals surface area contributed by atoms with Crippen LogP contribution in [-0.4, -0.2) is 32.7 Å². The first-order chi connectivity index (χ1) is 10.1. The van der Waals surface area contributed by atoms with E-state index in [1.807, 2.05) is 30.3 Å². The fourth-order valence-corrected chi connectivity index (χ4v) is 2.41. The summed E-state index contributed by atoms with van der Waals surface area (Å²) in [4.78, 5) is 16.7. The van der Waals surface area contributed by atoms with Crippen molar-refractivity contribution in [2.45, 2.75) is 19.4 Å². The second-order valence-electron chi connectivity index (χ2n) is 5.18. The van der Waals surface area contributed by atoms with E-state index in [2.05, 4.69) is 10.1 Å². The molecule has 0 bridgehead atoms. The standard InChI is InChI=1S/C15H16N4O2/c1-9(20)7-11-14(16)17-13-8-12(18-19(13)15(11)21)10-5-3-2-4-6-10/h2-6,8-9,11,20H,7H2,1H3,(H2,16,17). The molecule has 1 aliphatic rings. The van der Waals surface area contributed by atoms with Gasteiger partial charge in [0, 0.05) is 11.6 Å². The minimum Gasteiger partial charge on any atom is -0.393 e. The molecule has 2 heterocycles. The summed E-state index contributed by atoms with van der Waals surface area (Å²) in [7, 11) is 0. The van der Waals surface area contributed by atoms with Crippen molar-refractivity contribution in [1.82, 2.24) is 9.78 Å². The van der Waals surface area contributed by atoms with Crippen LogP contribution in [0.2, 0.25) is 0 Å². The zero-order valence-electron chi connectivity index (χ0n) is 11.6. The Hall–Kier alpha value is -2.47. The minimum atomic E-state index is -0.626. The van der Waals surface area contributed by atoms with E-state index in [0.717, 1.165) is 5.56 Å². The molecular formula is C15H16N4O2. The third kappa shape index (κ3) is 2.45. The van der Waals surface area contributed by atoms with Crippen molar-refractivity contribution in [3.05, 3.63) is 36.4 Å². The first kappa shape index (κ1) is 13.5. The minimum absolute atomic E-state index is 0.230. The zero-order valence-corrected chi connectivity index (χ0v) is 11.6. The summed E-state index contributed by atoms with van der Waals surface area (Å²) in [5.74, 6) is -0.215. The van der Waals surface area contributed by atoms with Gasteiger partial charge in [0.1, 0.15) is 11.8 Å². The maximum atomic E-state index is 12.4. The molecule has 2 atom stereocenters. The second kappa shape index (κ2) is 5.14. The third-order valence-electron chi connectivity index (χ3n) is 3.44. The number of aromatic nitrogens is 2. The first-order valence-electron chi connectivity index (χ1n) is 6.78. The molecular weight excluding hydrogens is 268 g/mol. The Balaban J connectivity index is 2.00. The summed E-state index contributed by atoms with van der Waals surface area (Å²) in [6.45, 7) is 1.62. The van der Waals surface area contributed by atoms with Crippen molar-refractivity contribution in [3.63, 3.8) is 0 Å². The summed E-state index contributed by atoms with van der Waals surface area (Å²) < 4.78 is 1.27. The highest BCUT2D eigenvalue weighted by molar-refractivity contribution is 6.07. The molecule has 3 rings (SSSR count). The first-order valence-corrected chi connectivity index (χ1v) is 6.78. The lowest BCUT2D eigenvalue weighted by molar-refractivity contribution is 0.0803. The van der Waals surface area contributed by atoms with E-state index in [1.54, 1.807) is 13.0 Å². The van der Waals surface area contributed by atoms with E-state index in [0.29, 0.717) is 11.5 Å². The summed E-state index contributed by atoms with van der Waals surface area (Å²) in [6, 6.07) is 11.3. The molecule has 3 N–H and O–H groups in total. The Labute approximate surface area is 121 Å². The number of carbonyl (C=O) groups excluding carboxylic acids is 1. The monoisotopic (exact) mass is 284 g/mol. The normalized spacial score (nSPS) is 19.0. The van der Waals surface area contributed by atoms with E-state index in [4.69, 9.17) is 5.73 Å². The van der Waals surface area contributed by atoms with Crippen molar-refractivity contribution in [2.24, 2.45) is 16.6 Å². The molecule has 2 unspecified atom stereocenters. The van der Waals surface area contributed by atoms with Gasteiger partial charge >= 0.3 is 0 Å². The lowest BCUT2D eigenvalue weighted by Crippen LogP contribution is -2.39. The van der Waals surface area contributed by atoms with Crippen molar-refractivity contribution in [3.8, 4) is 11.3 Å². The molecule has 2 aromatic rings. The molecule has 0 radical (unpaired) electrons. The number of carbonyl (C=O) groups is 1. The van der Waals surface area contributed by atoms with Gasteiger partial charge in [-0.2, -0.15) is 9.78 Å². The predicted octanol–water partition coefficient (Wildman–Crippen LogP) is 1.58. The number of nitrogens with zero attached hydrogens (tertiary/aromatic N) is 3. The number of rotatable bonds is 3. The Morgan fingerprint density at radius 2 is 2.10 bits per heavy atom. The number of fused-ring (bicyclic) bond motifs is 1. The van der Waals surface area contributed by atoms with E-state index in [-0.39, 0.29) is 18.2 Å². The van der Waals surface area contributed by atoms with Crippen LogP contribution >= 0.6 is 0 Å². The molecule has 0 saturated carbocycles. The Kier molecular flexibility index (Phi) is 3.31. The van der Waals surface area contributed by atoms with Gasteiger partial charge in [0.05, 0.1) is 11.8 Å². The van der Waals surface area contributed by atoms with Crippen LogP contribution in [0.5, 0.6) is 0 Å². The molecule has 0 spiro atoms. The highest BCUT2D eigenvalue weighted by Gasteiger charge is 2.32. The van der Waals surface area contributed by atoms with Crippen molar-refractivity contribution in [1.29, 1.82) is 0 Å². The smallest absolute Gasteiger partial charge is 0.259 e. The fourth-order valence-electron chi connectivity index (χ4n) is 2.41. The predicted molar refractivity (Wildman–Crippen MR) is 79.4 cm³/mol. The SMILES string of the molecule is CC(O)CC1C(=O)n2nc(-c3ccccc3)cc2N=C1N. The van der Waals surface area contributed by atoms with Gasteiger partial charge in [-0.05, 0) is 13.3 Å². The molecule has 21 heavy (non-hydrogen) atoms. The molecule has 108 valence electrons. The van der Waals surface area contributed by atoms with Crippen LogP contribution in [0, 0.1) is 5.92 Å². The van der Waals surface area contributed by atoms with Crippen LogP contribution in [0.3, 0.4) is 0 Å². The topological polar surface area (TPSA) is 93.5 Å². The lowest BCUT2D eigenvalue weighted by atomic mass is 9.99. The maximum absolute atomic E-state index is 12.4. The highest BCUT2D eigenvalue weighted by atomic mass is 16.3. The van der Waals surface area contributed by atoms with Crippen LogP contribution in [0.15, 0.2) is 41.4 Å². The Morgan fingerprint density at radius 1 is 1.38 bits per heavy atom. The van der Waals surface area contributed by atoms with Crippen LogP contribution in [0.25, 0.3) is 11.3 Å². The molecule has 1 aliphatic heterocycles. The number of aliphatic imine (C=N–C) groups is 1. The molecule has 0 saturated heterocycles. The van der Waals surface area contributed by atoms with Crippen molar-refractivity contribution < 1.29 is 9.90 Å². The molecule has 0 fully saturated rings. The van der Waals surface area contributed by atoms with Crippen molar-refractivity contribution in [2.75, 3.05) is 0 Å². The fraction of sp³-hybridized carbons (Fsp3) is 0.267. The molecule has 0 aliphatic carbocycles. The van der Waals surface area contributed by atoms with Gasteiger partial charge in [-0.15, -0.1) is 0 Å². The van der Waals surface area contributed by atoms with Crippen LogP contribution in [-0.2, 0) is 0 Å². The third-order valence-corrected chi connectivity index (χ3v) is 3.44.